The SMILES string of the molecule is COc1c(C(C)(C)C)cc(CNC(=O)C2(NC(=O)c3cccc(C(F)(F)F)c3)CCCCC2)cc1C(C)(C)C.COc1c(C(C)(C)C)cc(CNC2(C(=O)NCc3cccc(C(F)(F)F)c3)CCCCC2)cc1C(C)(C)C.COc1c(C(C)(C)C)cc(CNC2(C(=O)NCc3ccccc3)CCCCC2)cc1C(C)(C)C.COc1ccc(C(=O)NC2(C(=O)NCc3cc(C(C)(C)C)c(OC)c(C(C)(C)C)c3)CCCCC2)cc1. The molecule has 148 heavy (non-hydrogen) atoms. The lowest BCUT2D eigenvalue weighted by Gasteiger charge is -2.37. The summed E-state index contributed by atoms with van der Waals surface area (Å²) in [5.41, 5.74) is 9.15. The lowest BCUT2D eigenvalue weighted by atomic mass is 9.78. The maximum Gasteiger partial charge on any atom is 0.416 e. The zero-order chi connectivity index (χ0) is 110. The largest absolute Gasteiger partial charge is 0.497 e. The number of halogens is 6. The molecule has 6 amide bonds. The van der Waals surface area contributed by atoms with Gasteiger partial charge in [0.15, 0.2) is 0 Å². The molecule has 812 valence electrons. The Morgan fingerprint density at radius 3 is 0.770 bits per heavy atom. The maximum absolute atomic E-state index is 13.7. The van der Waals surface area contributed by atoms with Gasteiger partial charge in [-0.1, -0.05) is 316 Å². The van der Waals surface area contributed by atoms with Crippen molar-refractivity contribution in [3.05, 3.63) is 252 Å². The van der Waals surface area contributed by atoms with E-state index in [4.69, 9.17) is 23.7 Å². The van der Waals surface area contributed by atoms with Crippen molar-refractivity contribution in [1.29, 1.82) is 0 Å². The maximum atomic E-state index is 13.7. The number of hydrogen-bond acceptors (Lipinski definition) is 13. The van der Waals surface area contributed by atoms with Gasteiger partial charge in [-0.05, 0) is 207 Å². The van der Waals surface area contributed by atoms with Crippen LogP contribution in [0, 0.1) is 0 Å². The lowest BCUT2D eigenvalue weighted by molar-refractivity contribution is -0.138. The van der Waals surface area contributed by atoms with E-state index in [2.05, 4.69) is 257 Å². The summed E-state index contributed by atoms with van der Waals surface area (Å²) in [7, 11) is 8.46. The number of amides is 6. The molecule has 0 aromatic heterocycles. The van der Waals surface area contributed by atoms with Crippen LogP contribution in [0.5, 0.6) is 28.7 Å². The molecule has 8 aromatic rings. The molecule has 0 aliphatic heterocycles. The van der Waals surface area contributed by atoms with Gasteiger partial charge >= 0.3 is 12.4 Å². The quantitative estimate of drug-likeness (QED) is 0.0224. The molecule has 12 rings (SSSR count). The van der Waals surface area contributed by atoms with Crippen molar-refractivity contribution in [2.24, 2.45) is 0 Å². The number of alkyl halides is 6. The summed E-state index contributed by atoms with van der Waals surface area (Å²) >= 11 is 0. The fraction of sp³-hybridized carbons (Fsp3) is 0.561. The monoisotopic (exact) mass is 2050 g/mol. The molecule has 4 aliphatic rings. The minimum absolute atomic E-state index is 0.0447. The number of ether oxygens (including phenoxy) is 5. The molecule has 0 radical (unpaired) electrons. The van der Waals surface area contributed by atoms with E-state index in [1.54, 1.807) is 65.9 Å². The first-order valence-electron chi connectivity index (χ1n) is 53.0. The van der Waals surface area contributed by atoms with Crippen LogP contribution in [-0.2, 0) is 114 Å². The van der Waals surface area contributed by atoms with Crippen molar-refractivity contribution in [1.82, 2.24) is 42.5 Å². The Hall–Kier alpha value is -10.9. The topological polar surface area (TPSA) is 245 Å². The summed E-state index contributed by atoms with van der Waals surface area (Å²) in [6.07, 6.45) is 7.80. The second-order valence-electron chi connectivity index (χ2n) is 49.3. The average Bonchev–Trinajstić information content (AvgIpc) is 0.904. The fourth-order valence-corrected chi connectivity index (χ4v) is 20.5. The predicted octanol–water partition coefficient (Wildman–Crippen LogP) is 26.9. The minimum Gasteiger partial charge on any atom is -0.497 e. The third-order valence-electron chi connectivity index (χ3n) is 29.1. The normalized spacial score (nSPS) is 16.0. The number of nitrogens with one attached hydrogen (secondary N) is 8. The predicted molar refractivity (Wildman–Crippen MR) is 583 cm³/mol. The summed E-state index contributed by atoms with van der Waals surface area (Å²) in [4.78, 5) is 80.5. The van der Waals surface area contributed by atoms with E-state index >= 15 is 0 Å². The van der Waals surface area contributed by atoms with Crippen LogP contribution in [0.3, 0.4) is 0 Å². The third kappa shape index (κ3) is 32.1. The van der Waals surface area contributed by atoms with Gasteiger partial charge in [-0.25, -0.2) is 0 Å². The van der Waals surface area contributed by atoms with E-state index in [1.165, 1.54) is 41.3 Å². The first-order chi connectivity index (χ1) is 68.8. The van der Waals surface area contributed by atoms with E-state index in [0.29, 0.717) is 81.6 Å². The average molecular weight is 2050 g/mol. The minimum atomic E-state index is -4.56. The molecule has 0 heterocycles. The van der Waals surface area contributed by atoms with E-state index in [9.17, 15) is 55.1 Å². The van der Waals surface area contributed by atoms with E-state index < -0.39 is 51.5 Å². The Bertz CT molecular complexity index is 5670. The van der Waals surface area contributed by atoms with Crippen LogP contribution in [0.4, 0.5) is 26.3 Å². The molecule has 0 spiro atoms. The third-order valence-corrected chi connectivity index (χ3v) is 29.1. The van der Waals surface area contributed by atoms with Gasteiger partial charge in [0.1, 0.15) is 39.8 Å². The Balaban J connectivity index is 0.000000219. The van der Waals surface area contributed by atoms with Crippen LogP contribution in [0.25, 0.3) is 0 Å². The molecule has 4 fully saturated rings. The van der Waals surface area contributed by atoms with Gasteiger partial charge in [-0.3, -0.25) is 39.4 Å². The molecule has 4 saturated carbocycles. The van der Waals surface area contributed by atoms with E-state index in [-0.39, 0.29) is 91.5 Å². The zero-order valence-electron chi connectivity index (χ0n) is 94.1. The molecular formula is C123H172F6N8O11. The van der Waals surface area contributed by atoms with Crippen molar-refractivity contribution in [2.75, 3.05) is 35.5 Å². The molecule has 0 unspecified atom stereocenters. The zero-order valence-corrected chi connectivity index (χ0v) is 94.1. The summed E-state index contributed by atoms with van der Waals surface area (Å²) in [5, 5.41) is 25.6. The summed E-state index contributed by atoms with van der Waals surface area (Å²) in [6, 6.07) is 43.7. The standard InChI is InChI=1S/C31H41F3N2O3.C31H43F3N2O2.C31H44N2O4.C30H44N2O2/c1-28(2,3)23-16-20(17-24(25(23)39-7)29(4,5)6)19-35-27(38)30(14-9-8-10-15-30)36-26(37)21-12-11-13-22(18-21)31(32,33)34;1-28(2,3)24-17-22(18-25(26(24)38-7)29(4,5)6)20-36-30(14-9-8-10-15-30)27(37)35-19-21-12-11-13-23(16-21)31(32,33)34;1-29(2,3)24-18-21(19-25(26(24)37-8)30(4,5)6)20-32-28(35)31(16-10-9-11-17-31)33-27(34)22-12-14-23(36-7)15-13-22;1-28(2,3)24-18-23(19-25(26(24)34-7)29(4,5)6)21-32-30(16-12-9-13-17-30)27(33)31-20-22-14-10-8-11-15-22/h11-13,16-18H,8-10,14-15,19H2,1-7H3,(H,35,38)(H,36,37);11-13,16-18,36H,8-10,14-15,19-20H2,1-7H3,(H,35,37);12-15,18-19H,9-11,16-17,20H2,1-8H3,(H,32,35)(H,33,34);8,10-11,14-15,18-19,32H,9,12-13,16-17,20-21H2,1-7H3,(H,31,33). The Morgan fingerprint density at radius 2 is 0.493 bits per heavy atom. The fourth-order valence-electron chi connectivity index (χ4n) is 20.5. The molecule has 0 atom stereocenters. The molecular weight excluding hydrogens is 1880 g/mol. The van der Waals surface area contributed by atoms with Crippen molar-refractivity contribution in [3.8, 4) is 28.7 Å². The van der Waals surface area contributed by atoms with E-state index in [1.807, 2.05) is 30.3 Å². The number of benzene rings is 8. The summed E-state index contributed by atoms with van der Waals surface area (Å²) in [6.45, 7) is 54.5. The number of methoxy groups -OCH3 is 5. The highest BCUT2D eigenvalue weighted by Gasteiger charge is 2.47. The Morgan fingerprint density at radius 1 is 0.250 bits per heavy atom. The molecule has 4 aliphatic carbocycles. The molecule has 25 heteroatoms. The highest BCUT2D eigenvalue weighted by atomic mass is 19.4. The molecule has 19 nitrogen and oxygen atoms in total. The highest BCUT2D eigenvalue weighted by molar-refractivity contribution is 6.00. The molecule has 8 N–H and O–H groups in total. The van der Waals surface area contributed by atoms with Crippen molar-refractivity contribution in [3.63, 3.8) is 0 Å². The first kappa shape index (κ1) is 121. The van der Waals surface area contributed by atoms with Crippen molar-refractivity contribution in [2.45, 2.75) is 412 Å². The van der Waals surface area contributed by atoms with Gasteiger partial charge in [-0.15, -0.1) is 0 Å². The van der Waals surface area contributed by atoms with Crippen molar-refractivity contribution >= 4 is 35.4 Å². The first-order valence-corrected chi connectivity index (χ1v) is 53.0. The van der Waals surface area contributed by atoms with Gasteiger partial charge < -0.3 is 55.6 Å². The van der Waals surface area contributed by atoms with Crippen LogP contribution >= 0.6 is 0 Å². The second kappa shape index (κ2) is 49.5. The van der Waals surface area contributed by atoms with Crippen LogP contribution in [-0.4, -0.2) is 93.1 Å². The summed E-state index contributed by atoms with van der Waals surface area (Å²) in [5.74, 6) is 2.90. The van der Waals surface area contributed by atoms with Crippen LogP contribution < -0.4 is 66.2 Å². The highest BCUT2D eigenvalue weighted by Crippen LogP contribution is 2.48. The smallest absolute Gasteiger partial charge is 0.416 e. The van der Waals surface area contributed by atoms with Crippen LogP contribution in [0.1, 0.15) is 404 Å². The van der Waals surface area contributed by atoms with Crippen LogP contribution in [0.2, 0.25) is 0 Å². The van der Waals surface area contributed by atoms with Gasteiger partial charge in [0, 0.05) is 94.9 Å². The molecule has 8 aromatic carbocycles. The van der Waals surface area contributed by atoms with Gasteiger partial charge in [0.05, 0.1) is 57.8 Å². The lowest BCUT2D eigenvalue weighted by Crippen LogP contribution is -2.59. The number of carbonyl (C=O) groups excluding carboxylic acids is 6. The van der Waals surface area contributed by atoms with Gasteiger partial charge in [0.2, 0.25) is 23.6 Å². The number of hydrogen-bond donors (Lipinski definition) is 8. The Kier molecular flexibility index (Phi) is 40.3. The van der Waals surface area contributed by atoms with E-state index in [0.717, 1.165) is 186 Å². The van der Waals surface area contributed by atoms with Gasteiger partial charge in [-0.2, -0.15) is 26.3 Å². The second-order valence-corrected chi connectivity index (χ2v) is 49.3. The Labute approximate surface area is 879 Å². The molecule has 0 bridgehead atoms. The summed E-state index contributed by atoms with van der Waals surface area (Å²) < 4.78 is 108. The van der Waals surface area contributed by atoms with Crippen molar-refractivity contribution < 1.29 is 78.8 Å². The van der Waals surface area contributed by atoms with Gasteiger partial charge in [0.25, 0.3) is 11.8 Å². The van der Waals surface area contributed by atoms with Crippen LogP contribution in [0.15, 0.2) is 152 Å². The number of carbonyl (C=O) groups is 6. The number of rotatable bonds is 27. The molecule has 0 saturated heterocycles.